The zero-order valence-electron chi connectivity index (χ0n) is 38.0. The molecule has 0 atom stereocenters. The molecule has 3 aromatic heterocycles. The minimum absolute atomic E-state index is 0.710. The van der Waals surface area contributed by atoms with Crippen molar-refractivity contribution in [1.82, 2.24) is 19.1 Å². The Kier molecular flexibility index (Phi) is 9.17. The molecule has 326 valence electrons. The molecule has 0 amide bonds. The van der Waals surface area contributed by atoms with Gasteiger partial charge in [-0.1, -0.05) is 194 Å². The van der Waals surface area contributed by atoms with Gasteiger partial charge in [0.05, 0.1) is 39.1 Å². The van der Waals surface area contributed by atoms with Gasteiger partial charge in [-0.25, -0.2) is 9.97 Å². The van der Waals surface area contributed by atoms with Crippen molar-refractivity contribution >= 4 is 65.2 Å². The summed E-state index contributed by atoms with van der Waals surface area (Å²) >= 11 is 0. The van der Waals surface area contributed by atoms with Crippen LogP contribution in [0.1, 0.15) is 0 Å². The lowest BCUT2D eigenvalue weighted by Gasteiger charge is -2.14. The molecule has 0 N–H and O–H groups in total. The summed E-state index contributed by atoms with van der Waals surface area (Å²) < 4.78 is 4.83. The number of aromatic nitrogens is 4. The van der Waals surface area contributed by atoms with Crippen LogP contribution in [-0.2, 0) is 0 Å². The van der Waals surface area contributed by atoms with Gasteiger partial charge in [-0.2, -0.15) is 0 Å². The minimum Gasteiger partial charge on any atom is -0.309 e. The third-order valence-electron chi connectivity index (χ3n) is 14.1. The molecular weight excluding hydrogens is 849 g/mol. The van der Waals surface area contributed by atoms with E-state index in [1.165, 1.54) is 93.1 Å². The number of rotatable bonds is 7. The van der Waals surface area contributed by atoms with Crippen molar-refractivity contribution in [3.63, 3.8) is 0 Å². The Hall–Kier alpha value is -9.38. The second-order valence-electron chi connectivity index (χ2n) is 18.1. The number of hydrogen-bond donors (Lipinski definition) is 0. The van der Waals surface area contributed by atoms with Crippen molar-refractivity contribution in [3.05, 3.63) is 255 Å². The average molecular weight is 891 g/mol. The number of hydrogen-bond acceptors (Lipinski definition) is 2. The van der Waals surface area contributed by atoms with E-state index in [1.807, 2.05) is 24.3 Å². The SMILES string of the molecule is c1ccc(-c2cc(-c3ccc(-n4c5ccccc5c5cc(-c6ccc(-c7ccc8c(c7)c7ccccc7n8-c7cc8ccccc8c8ccccc78)cc6)ccc54)cc3)nc(-c3ccccc3)n2)cc1. The molecule has 70 heavy (non-hydrogen) atoms. The first-order chi connectivity index (χ1) is 34.7. The summed E-state index contributed by atoms with van der Waals surface area (Å²) in [4.78, 5) is 10.1. The Morgan fingerprint density at radius 2 is 0.671 bits per heavy atom. The van der Waals surface area contributed by atoms with Crippen LogP contribution in [0.15, 0.2) is 255 Å². The Morgan fingerprint density at radius 1 is 0.243 bits per heavy atom. The largest absolute Gasteiger partial charge is 0.309 e. The molecule has 14 aromatic rings. The lowest BCUT2D eigenvalue weighted by Crippen LogP contribution is -1.97. The van der Waals surface area contributed by atoms with Gasteiger partial charge in [-0.05, 0) is 99.1 Å². The topological polar surface area (TPSA) is 35.6 Å². The maximum Gasteiger partial charge on any atom is 0.160 e. The van der Waals surface area contributed by atoms with Crippen LogP contribution in [0.3, 0.4) is 0 Å². The Morgan fingerprint density at radius 3 is 1.29 bits per heavy atom. The Bertz CT molecular complexity index is 4260. The third kappa shape index (κ3) is 6.53. The van der Waals surface area contributed by atoms with Gasteiger partial charge in [0, 0.05) is 49.3 Å². The van der Waals surface area contributed by atoms with Gasteiger partial charge in [0.1, 0.15) is 0 Å². The lowest BCUT2D eigenvalue weighted by molar-refractivity contribution is 1.17. The van der Waals surface area contributed by atoms with Crippen LogP contribution in [0.4, 0.5) is 0 Å². The lowest BCUT2D eigenvalue weighted by atomic mass is 9.98. The van der Waals surface area contributed by atoms with Crippen molar-refractivity contribution in [1.29, 1.82) is 0 Å². The Labute approximate surface area is 404 Å². The van der Waals surface area contributed by atoms with E-state index in [9.17, 15) is 0 Å². The van der Waals surface area contributed by atoms with Crippen molar-refractivity contribution in [2.45, 2.75) is 0 Å². The molecule has 4 heteroatoms. The highest BCUT2D eigenvalue weighted by molar-refractivity contribution is 6.16. The van der Waals surface area contributed by atoms with E-state index in [0.29, 0.717) is 5.82 Å². The van der Waals surface area contributed by atoms with Crippen LogP contribution in [0.2, 0.25) is 0 Å². The summed E-state index contributed by atoms with van der Waals surface area (Å²) in [5, 5.41) is 9.97. The monoisotopic (exact) mass is 890 g/mol. The van der Waals surface area contributed by atoms with Gasteiger partial charge in [-0.3, -0.25) is 0 Å². The smallest absolute Gasteiger partial charge is 0.160 e. The van der Waals surface area contributed by atoms with Crippen LogP contribution >= 0.6 is 0 Å². The molecule has 0 saturated carbocycles. The molecule has 0 radical (unpaired) electrons. The predicted molar refractivity (Wildman–Crippen MR) is 293 cm³/mol. The number of fused-ring (bicyclic) bond motifs is 9. The molecule has 0 bridgehead atoms. The zero-order chi connectivity index (χ0) is 46.1. The normalized spacial score (nSPS) is 11.7. The molecule has 4 nitrogen and oxygen atoms in total. The first-order valence-electron chi connectivity index (χ1n) is 23.9. The molecule has 0 unspecified atom stereocenters. The third-order valence-corrected chi connectivity index (χ3v) is 14.1. The van der Waals surface area contributed by atoms with E-state index in [2.05, 4.69) is 240 Å². The second-order valence-corrected chi connectivity index (χ2v) is 18.1. The van der Waals surface area contributed by atoms with Crippen LogP contribution in [-0.4, -0.2) is 19.1 Å². The maximum absolute atomic E-state index is 5.08. The first-order valence-corrected chi connectivity index (χ1v) is 23.9. The molecule has 0 aliphatic rings. The van der Waals surface area contributed by atoms with Crippen molar-refractivity contribution < 1.29 is 0 Å². The summed E-state index contributed by atoms with van der Waals surface area (Å²) in [7, 11) is 0. The number of nitrogens with zero attached hydrogens (tertiary/aromatic N) is 4. The molecule has 14 rings (SSSR count). The minimum atomic E-state index is 0.710. The summed E-state index contributed by atoms with van der Waals surface area (Å²) in [6.45, 7) is 0. The van der Waals surface area contributed by atoms with E-state index in [0.717, 1.165) is 33.8 Å². The molecule has 11 aromatic carbocycles. The summed E-state index contributed by atoms with van der Waals surface area (Å²) in [5.41, 5.74) is 16.7. The fraction of sp³-hybridized carbons (Fsp3) is 0. The van der Waals surface area contributed by atoms with E-state index < -0.39 is 0 Å². The number of benzene rings is 11. The fourth-order valence-electron chi connectivity index (χ4n) is 10.8. The van der Waals surface area contributed by atoms with Crippen molar-refractivity contribution in [2.75, 3.05) is 0 Å². The summed E-state index contributed by atoms with van der Waals surface area (Å²) in [5.74, 6) is 0.710. The highest BCUT2D eigenvalue weighted by Crippen LogP contribution is 2.41. The molecular formula is C66H42N4. The van der Waals surface area contributed by atoms with Crippen molar-refractivity contribution in [3.8, 4) is 67.5 Å². The zero-order valence-corrected chi connectivity index (χ0v) is 38.0. The number of para-hydroxylation sites is 2. The Balaban J connectivity index is 0.807. The van der Waals surface area contributed by atoms with Gasteiger partial charge in [0.2, 0.25) is 0 Å². The summed E-state index contributed by atoms with van der Waals surface area (Å²) in [6.07, 6.45) is 0. The van der Waals surface area contributed by atoms with Gasteiger partial charge in [-0.15, -0.1) is 0 Å². The van der Waals surface area contributed by atoms with E-state index in [1.54, 1.807) is 0 Å². The highest BCUT2D eigenvalue weighted by Gasteiger charge is 2.18. The van der Waals surface area contributed by atoms with E-state index in [4.69, 9.17) is 9.97 Å². The standard InChI is InChI=1S/C66H42N4/c1-3-15-45(16-4-1)59-42-60(68-66(67-59)47-17-5-2-6-18-47)46-31-35-51(36-32-46)69-61-25-13-11-23-55(61)57-39-48(33-37-63(57)69)43-27-29-44(30-28-43)49-34-38-64-58(40-49)56-24-12-14-26-62(56)70(64)65-41-50-19-7-8-20-52(50)53-21-9-10-22-54(53)65/h1-42H. The van der Waals surface area contributed by atoms with Gasteiger partial charge in [0.25, 0.3) is 0 Å². The molecule has 0 aliphatic carbocycles. The van der Waals surface area contributed by atoms with Crippen LogP contribution in [0.25, 0.3) is 133 Å². The van der Waals surface area contributed by atoms with Gasteiger partial charge >= 0.3 is 0 Å². The first kappa shape index (κ1) is 39.8. The van der Waals surface area contributed by atoms with Gasteiger partial charge in [0.15, 0.2) is 5.82 Å². The quantitative estimate of drug-likeness (QED) is 0.149. The predicted octanol–water partition coefficient (Wildman–Crippen LogP) is 17.3. The van der Waals surface area contributed by atoms with E-state index >= 15 is 0 Å². The van der Waals surface area contributed by atoms with Gasteiger partial charge < -0.3 is 9.13 Å². The molecule has 0 aliphatic heterocycles. The molecule has 0 saturated heterocycles. The van der Waals surface area contributed by atoms with Crippen LogP contribution in [0, 0.1) is 0 Å². The molecule has 3 heterocycles. The second kappa shape index (κ2) is 16.2. The molecule has 0 fully saturated rings. The van der Waals surface area contributed by atoms with Crippen LogP contribution < -0.4 is 0 Å². The van der Waals surface area contributed by atoms with E-state index in [-0.39, 0.29) is 0 Å². The summed E-state index contributed by atoms with van der Waals surface area (Å²) in [6, 6.07) is 91.8. The fourth-order valence-corrected chi connectivity index (χ4v) is 10.8. The van der Waals surface area contributed by atoms with Crippen LogP contribution in [0.5, 0.6) is 0 Å². The molecule has 0 spiro atoms. The average Bonchev–Trinajstić information content (AvgIpc) is 3.95. The maximum atomic E-state index is 5.08. The van der Waals surface area contributed by atoms with Crippen molar-refractivity contribution in [2.24, 2.45) is 0 Å². The highest BCUT2D eigenvalue weighted by atomic mass is 15.0.